The van der Waals surface area contributed by atoms with Crippen LogP contribution in [-0.4, -0.2) is 31.6 Å². The standard InChI is InChI=1S/C15H17NO3Si/c1-20(2,3)10-9-14(17)16-13(11-19-15(16)18)12-7-5-4-6-8-12/h4-8,13H,11H2,1-3H3/t13-/m1/s1. The van der Waals surface area contributed by atoms with Gasteiger partial charge in [-0.15, -0.1) is 5.54 Å². The van der Waals surface area contributed by atoms with Crippen molar-refractivity contribution < 1.29 is 14.3 Å². The number of cyclic esters (lactones) is 1. The number of carbonyl (C=O) groups is 2. The van der Waals surface area contributed by atoms with Crippen molar-refractivity contribution in [2.75, 3.05) is 6.61 Å². The predicted octanol–water partition coefficient (Wildman–Crippen LogP) is 2.59. The van der Waals surface area contributed by atoms with Crippen LogP contribution in [0.3, 0.4) is 0 Å². The maximum Gasteiger partial charge on any atom is 0.418 e. The van der Waals surface area contributed by atoms with Gasteiger partial charge >= 0.3 is 12.0 Å². The maximum atomic E-state index is 12.2. The molecule has 0 radical (unpaired) electrons. The maximum absolute atomic E-state index is 12.2. The van der Waals surface area contributed by atoms with Crippen molar-refractivity contribution in [1.29, 1.82) is 0 Å². The van der Waals surface area contributed by atoms with Crippen LogP contribution in [-0.2, 0) is 9.53 Å². The van der Waals surface area contributed by atoms with Crippen LogP contribution in [0.1, 0.15) is 11.6 Å². The molecule has 0 saturated carbocycles. The van der Waals surface area contributed by atoms with Gasteiger partial charge in [0.25, 0.3) is 0 Å². The fourth-order valence-corrected chi connectivity index (χ4v) is 2.35. The molecular weight excluding hydrogens is 270 g/mol. The van der Waals surface area contributed by atoms with Crippen molar-refractivity contribution in [2.24, 2.45) is 0 Å². The number of imide groups is 1. The largest absolute Gasteiger partial charge is 0.446 e. The minimum Gasteiger partial charge on any atom is -0.446 e. The molecule has 1 aliphatic heterocycles. The molecule has 0 aromatic heterocycles. The van der Waals surface area contributed by atoms with E-state index >= 15 is 0 Å². The first-order valence-corrected chi connectivity index (χ1v) is 9.96. The van der Waals surface area contributed by atoms with Gasteiger partial charge in [-0.1, -0.05) is 50.0 Å². The normalized spacial score (nSPS) is 18.2. The molecule has 1 saturated heterocycles. The summed E-state index contributed by atoms with van der Waals surface area (Å²) in [6.45, 7) is 6.32. The molecule has 20 heavy (non-hydrogen) atoms. The molecule has 1 aliphatic rings. The summed E-state index contributed by atoms with van der Waals surface area (Å²) >= 11 is 0. The molecule has 104 valence electrons. The summed E-state index contributed by atoms with van der Waals surface area (Å²) in [6.07, 6.45) is -0.617. The Morgan fingerprint density at radius 3 is 2.55 bits per heavy atom. The summed E-state index contributed by atoms with van der Waals surface area (Å²) < 4.78 is 5.00. The summed E-state index contributed by atoms with van der Waals surface area (Å²) in [5.74, 6) is 2.11. The Morgan fingerprint density at radius 2 is 1.95 bits per heavy atom. The van der Waals surface area contributed by atoms with E-state index in [1.807, 2.05) is 50.0 Å². The first-order chi connectivity index (χ1) is 9.38. The van der Waals surface area contributed by atoms with Gasteiger partial charge in [0.15, 0.2) is 0 Å². The molecule has 5 heteroatoms. The van der Waals surface area contributed by atoms with E-state index in [1.54, 1.807) is 0 Å². The molecule has 1 aromatic rings. The smallest absolute Gasteiger partial charge is 0.418 e. The van der Waals surface area contributed by atoms with Gasteiger partial charge < -0.3 is 4.74 Å². The van der Waals surface area contributed by atoms with E-state index < -0.39 is 20.1 Å². The Morgan fingerprint density at radius 1 is 1.30 bits per heavy atom. The third kappa shape index (κ3) is 3.28. The summed E-state index contributed by atoms with van der Waals surface area (Å²) in [5.41, 5.74) is 3.86. The highest BCUT2D eigenvalue weighted by Gasteiger charge is 2.38. The van der Waals surface area contributed by atoms with E-state index in [0.29, 0.717) is 0 Å². The number of benzene rings is 1. The summed E-state index contributed by atoms with van der Waals surface area (Å²) in [7, 11) is -1.66. The highest BCUT2D eigenvalue weighted by Crippen LogP contribution is 2.27. The summed E-state index contributed by atoms with van der Waals surface area (Å²) in [5, 5.41) is 0. The van der Waals surface area contributed by atoms with Gasteiger partial charge in [-0.3, -0.25) is 4.79 Å². The van der Waals surface area contributed by atoms with E-state index in [2.05, 4.69) is 11.5 Å². The zero-order valence-electron chi connectivity index (χ0n) is 11.8. The molecule has 0 aliphatic carbocycles. The third-order valence-corrected chi connectivity index (χ3v) is 3.70. The first-order valence-electron chi connectivity index (χ1n) is 6.46. The second-order valence-corrected chi connectivity index (χ2v) is 10.4. The molecule has 4 nitrogen and oxygen atoms in total. The number of carbonyl (C=O) groups excluding carboxylic acids is 2. The first kappa shape index (κ1) is 14.3. The van der Waals surface area contributed by atoms with Gasteiger partial charge in [-0.05, 0) is 11.5 Å². The zero-order valence-corrected chi connectivity index (χ0v) is 12.8. The van der Waals surface area contributed by atoms with Crippen LogP contribution in [0, 0.1) is 11.5 Å². The molecule has 0 N–H and O–H groups in total. The lowest BCUT2D eigenvalue weighted by molar-refractivity contribution is -0.123. The Balaban J connectivity index is 2.25. The minimum atomic E-state index is -1.66. The topological polar surface area (TPSA) is 46.6 Å². The van der Waals surface area contributed by atoms with Crippen molar-refractivity contribution in [1.82, 2.24) is 4.90 Å². The predicted molar refractivity (Wildman–Crippen MR) is 78.5 cm³/mol. The van der Waals surface area contributed by atoms with E-state index in [1.165, 1.54) is 0 Å². The average Bonchev–Trinajstić information content (AvgIpc) is 2.78. The lowest BCUT2D eigenvalue weighted by Crippen LogP contribution is -2.33. The van der Waals surface area contributed by atoms with Crippen LogP contribution in [0.15, 0.2) is 30.3 Å². The van der Waals surface area contributed by atoms with Crippen LogP contribution in [0.25, 0.3) is 0 Å². The number of nitrogens with zero attached hydrogens (tertiary/aromatic N) is 1. The van der Waals surface area contributed by atoms with Crippen molar-refractivity contribution in [2.45, 2.75) is 25.7 Å². The molecule has 2 amide bonds. The van der Waals surface area contributed by atoms with Gasteiger partial charge in [0.1, 0.15) is 20.7 Å². The van der Waals surface area contributed by atoms with Gasteiger partial charge in [0, 0.05) is 0 Å². The van der Waals surface area contributed by atoms with E-state index in [0.717, 1.165) is 10.5 Å². The zero-order chi connectivity index (χ0) is 14.8. The van der Waals surface area contributed by atoms with Crippen LogP contribution >= 0.6 is 0 Å². The Bertz CT molecular complexity index is 581. The molecule has 1 fully saturated rings. The van der Waals surface area contributed by atoms with Crippen LogP contribution in [0.4, 0.5) is 4.79 Å². The molecule has 0 unspecified atom stereocenters. The van der Waals surface area contributed by atoms with Gasteiger partial charge in [0.05, 0.1) is 0 Å². The molecule has 1 aromatic carbocycles. The molecule has 0 bridgehead atoms. The molecule has 1 atom stereocenters. The number of hydrogen-bond donors (Lipinski definition) is 0. The molecular formula is C15H17NO3Si. The van der Waals surface area contributed by atoms with Crippen molar-refractivity contribution in [3.63, 3.8) is 0 Å². The fraction of sp³-hybridized carbons (Fsp3) is 0.333. The molecule has 1 heterocycles. The monoisotopic (exact) mass is 287 g/mol. The second kappa shape index (κ2) is 5.51. The van der Waals surface area contributed by atoms with Gasteiger partial charge in [-0.25, -0.2) is 9.69 Å². The van der Waals surface area contributed by atoms with Crippen LogP contribution < -0.4 is 0 Å². The average molecular weight is 287 g/mol. The number of rotatable bonds is 1. The Labute approximate surface area is 119 Å². The molecule has 2 rings (SSSR count). The van der Waals surface area contributed by atoms with Gasteiger partial charge in [0.2, 0.25) is 0 Å². The van der Waals surface area contributed by atoms with E-state index in [-0.39, 0.29) is 12.6 Å². The lowest BCUT2D eigenvalue weighted by Gasteiger charge is -2.17. The van der Waals surface area contributed by atoms with Crippen LogP contribution in [0.2, 0.25) is 19.6 Å². The Hall–Kier alpha value is -2.06. The van der Waals surface area contributed by atoms with E-state index in [4.69, 9.17) is 4.74 Å². The fourth-order valence-electron chi connectivity index (χ4n) is 1.87. The highest BCUT2D eigenvalue weighted by atomic mass is 28.3. The third-order valence-electron chi connectivity index (χ3n) is 2.82. The van der Waals surface area contributed by atoms with Crippen molar-refractivity contribution in [3.8, 4) is 11.5 Å². The Kier molecular flexibility index (Phi) is 3.95. The number of amides is 2. The summed E-state index contributed by atoms with van der Waals surface area (Å²) in [4.78, 5) is 25.0. The highest BCUT2D eigenvalue weighted by molar-refractivity contribution is 6.84. The van der Waals surface area contributed by atoms with Crippen LogP contribution in [0.5, 0.6) is 0 Å². The van der Waals surface area contributed by atoms with E-state index in [9.17, 15) is 9.59 Å². The molecule has 0 spiro atoms. The quantitative estimate of drug-likeness (QED) is 0.589. The number of ether oxygens (including phenoxy) is 1. The van der Waals surface area contributed by atoms with Gasteiger partial charge in [-0.2, -0.15) is 0 Å². The minimum absolute atomic E-state index is 0.184. The summed E-state index contributed by atoms with van der Waals surface area (Å²) in [6, 6.07) is 8.99. The van der Waals surface area contributed by atoms with Crippen molar-refractivity contribution in [3.05, 3.63) is 35.9 Å². The number of hydrogen-bond acceptors (Lipinski definition) is 3. The van der Waals surface area contributed by atoms with Crippen molar-refractivity contribution >= 4 is 20.1 Å². The SMILES string of the molecule is C[Si](C)(C)C#CC(=O)N1C(=O)OC[C@@H]1c1ccccc1. The second-order valence-electron chi connectivity index (χ2n) is 5.68. The lowest BCUT2D eigenvalue weighted by atomic mass is 10.1.